The molecule has 0 aliphatic carbocycles. The highest BCUT2D eigenvalue weighted by molar-refractivity contribution is 5.69. The molecule has 0 saturated heterocycles. The van der Waals surface area contributed by atoms with Crippen LogP contribution in [0.2, 0.25) is 0 Å². The van der Waals surface area contributed by atoms with Gasteiger partial charge in [-0.1, -0.05) is 31.2 Å². The van der Waals surface area contributed by atoms with Crippen LogP contribution in [0.25, 0.3) is 11.1 Å². The van der Waals surface area contributed by atoms with E-state index in [1.165, 1.54) is 5.56 Å². The molecule has 1 N–H and O–H groups in total. The summed E-state index contributed by atoms with van der Waals surface area (Å²) >= 11 is 0. The van der Waals surface area contributed by atoms with Gasteiger partial charge in [0.05, 0.1) is 0 Å². The van der Waals surface area contributed by atoms with E-state index in [4.69, 9.17) is 0 Å². The Bertz CT molecular complexity index is 604. The van der Waals surface area contributed by atoms with Crippen LogP contribution in [0, 0.1) is 19.7 Å². The molecule has 2 rings (SSSR count). The minimum atomic E-state index is -0.161. The van der Waals surface area contributed by atoms with Crippen molar-refractivity contribution >= 4 is 0 Å². The quantitative estimate of drug-likeness (QED) is 0.843. The van der Waals surface area contributed by atoms with Gasteiger partial charge in [0, 0.05) is 11.6 Å². The molecule has 1 nitrogen and oxygen atoms in total. The SMILES string of the molecule is CCNC(C)c1ccc(F)c(-c2cccc(C)c2C)c1. The van der Waals surface area contributed by atoms with Gasteiger partial charge in [0.1, 0.15) is 5.82 Å². The van der Waals surface area contributed by atoms with Gasteiger partial charge in [0.15, 0.2) is 0 Å². The van der Waals surface area contributed by atoms with E-state index in [2.05, 4.69) is 32.2 Å². The third-order valence-corrected chi connectivity index (χ3v) is 3.90. The zero-order valence-corrected chi connectivity index (χ0v) is 12.6. The molecule has 20 heavy (non-hydrogen) atoms. The van der Waals surface area contributed by atoms with Crippen LogP contribution in [-0.4, -0.2) is 6.54 Å². The molecule has 0 aliphatic rings. The maximum atomic E-state index is 14.2. The van der Waals surface area contributed by atoms with Crippen molar-refractivity contribution in [1.82, 2.24) is 5.32 Å². The first kappa shape index (κ1) is 14.7. The molecule has 0 aromatic heterocycles. The molecule has 0 amide bonds. The molecule has 0 saturated carbocycles. The Balaban J connectivity index is 2.50. The molecule has 0 fully saturated rings. The van der Waals surface area contributed by atoms with Gasteiger partial charge in [-0.2, -0.15) is 0 Å². The Morgan fingerprint density at radius 2 is 1.85 bits per heavy atom. The summed E-state index contributed by atoms with van der Waals surface area (Å²) in [7, 11) is 0. The fourth-order valence-electron chi connectivity index (χ4n) is 2.49. The molecule has 0 spiro atoms. The highest BCUT2D eigenvalue weighted by atomic mass is 19.1. The molecule has 1 unspecified atom stereocenters. The molecule has 2 heteroatoms. The zero-order chi connectivity index (χ0) is 14.7. The second-order valence-corrected chi connectivity index (χ2v) is 5.27. The van der Waals surface area contributed by atoms with Crippen molar-refractivity contribution in [2.75, 3.05) is 6.54 Å². The van der Waals surface area contributed by atoms with Crippen LogP contribution in [-0.2, 0) is 0 Å². The van der Waals surface area contributed by atoms with Gasteiger partial charge < -0.3 is 5.32 Å². The number of rotatable bonds is 4. The molecule has 106 valence electrons. The Kier molecular flexibility index (Phi) is 4.56. The van der Waals surface area contributed by atoms with Crippen LogP contribution in [0.3, 0.4) is 0 Å². The Morgan fingerprint density at radius 1 is 1.10 bits per heavy atom. The number of hydrogen-bond acceptors (Lipinski definition) is 1. The second kappa shape index (κ2) is 6.19. The van der Waals surface area contributed by atoms with Crippen molar-refractivity contribution in [1.29, 1.82) is 0 Å². The molecule has 0 heterocycles. The summed E-state index contributed by atoms with van der Waals surface area (Å²) < 4.78 is 14.2. The monoisotopic (exact) mass is 271 g/mol. The van der Waals surface area contributed by atoms with E-state index in [0.717, 1.165) is 23.2 Å². The number of nitrogens with one attached hydrogen (secondary N) is 1. The van der Waals surface area contributed by atoms with Gasteiger partial charge in [-0.3, -0.25) is 0 Å². The summed E-state index contributed by atoms with van der Waals surface area (Å²) in [5.41, 5.74) is 5.11. The first-order valence-corrected chi connectivity index (χ1v) is 7.14. The Morgan fingerprint density at radius 3 is 2.55 bits per heavy atom. The van der Waals surface area contributed by atoms with Crippen molar-refractivity contribution in [2.24, 2.45) is 0 Å². The van der Waals surface area contributed by atoms with E-state index >= 15 is 0 Å². The standard InChI is InChI=1S/C18H22FN/c1-5-20-14(4)15-9-10-18(19)17(11-15)16-8-6-7-12(2)13(16)3/h6-11,14,20H,5H2,1-4H3. The van der Waals surface area contributed by atoms with Crippen molar-refractivity contribution in [2.45, 2.75) is 33.7 Å². The molecular weight excluding hydrogens is 249 g/mol. The highest BCUT2D eigenvalue weighted by Crippen LogP contribution is 2.30. The van der Waals surface area contributed by atoms with Crippen LogP contribution in [0.1, 0.15) is 36.6 Å². The number of hydrogen-bond donors (Lipinski definition) is 1. The van der Waals surface area contributed by atoms with Crippen LogP contribution in [0.4, 0.5) is 4.39 Å². The lowest BCUT2D eigenvalue weighted by Gasteiger charge is -2.16. The fourth-order valence-corrected chi connectivity index (χ4v) is 2.49. The third-order valence-electron chi connectivity index (χ3n) is 3.90. The van der Waals surface area contributed by atoms with Crippen molar-refractivity contribution in [3.05, 3.63) is 58.9 Å². The summed E-state index contributed by atoms with van der Waals surface area (Å²) in [6, 6.07) is 11.6. The van der Waals surface area contributed by atoms with Crippen molar-refractivity contribution in [3.63, 3.8) is 0 Å². The minimum absolute atomic E-state index is 0.161. The zero-order valence-electron chi connectivity index (χ0n) is 12.6. The molecule has 1 atom stereocenters. The summed E-state index contributed by atoms with van der Waals surface area (Å²) in [6.45, 7) is 9.18. The molecule has 0 radical (unpaired) electrons. The Hall–Kier alpha value is -1.67. The van der Waals surface area contributed by atoms with Crippen LogP contribution < -0.4 is 5.32 Å². The highest BCUT2D eigenvalue weighted by Gasteiger charge is 2.12. The normalized spacial score (nSPS) is 12.4. The maximum absolute atomic E-state index is 14.2. The van der Waals surface area contributed by atoms with E-state index < -0.39 is 0 Å². The van der Waals surface area contributed by atoms with E-state index in [1.54, 1.807) is 6.07 Å². The summed E-state index contributed by atoms with van der Waals surface area (Å²) in [4.78, 5) is 0. The first-order valence-electron chi connectivity index (χ1n) is 7.14. The lowest BCUT2D eigenvalue weighted by atomic mass is 9.94. The van der Waals surface area contributed by atoms with Crippen LogP contribution in [0.5, 0.6) is 0 Å². The lowest BCUT2D eigenvalue weighted by molar-refractivity contribution is 0.593. The molecule has 2 aromatic rings. The predicted octanol–water partition coefficient (Wildman–Crippen LogP) is 4.78. The van der Waals surface area contributed by atoms with Gasteiger partial charge >= 0.3 is 0 Å². The lowest BCUT2D eigenvalue weighted by Crippen LogP contribution is -2.17. The fraction of sp³-hybridized carbons (Fsp3) is 0.333. The predicted molar refractivity (Wildman–Crippen MR) is 83.4 cm³/mol. The van der Waals surface area contributed by atoms with Gasteiger partial charge in [0.25, 0.3) is 0 Å². The van der Waals surface area contributed by atoms with Crippen molar-refractivity contribution in [3.8, 4) is 11.1 Å². The van der Waals surface area contributed by atoms with Gasteiger partial charge in [-0.25, -0.2) is 4.39 Å². The first-order chi connectivity index (χ1) is 9.54. The topological polar surface area (TPSA) is 12.0 Å². The summed E-state index contributed by atoms with van der Waals surface area (Å²) in [5.74, 6) is -0.161. The average Bonchev–Trinajstić information content (AvgIpc) is 2.43. The van der Waals surface area contributed by atoms with E-state index in [9.17, 15) is 4.39 Å². The van der Waals surface area contributed by atoms with Gasteiger partial charge in [-0.15, -0.1) is 0 Å². The van der Waals surface area contributed by atoms with Crippen LogP contribution in [0.15, 0.2) is 36.4 Å². The molecule has 0 aliphatic heterocycles. The molecule has 0 bridgehead atoms. The maximum Gasteiger partial charge on any atom is 0.131 e. The van der Waals surface area contributed by atoms with Crippen molar-refractivity contribution < 1.29 is 4.39 Å². The average molecular weight is 271 g/mol. The van der Waals surface area contributed by atoms with E-state index in [0.29, 0.717) is 5.56 Å². The van der Waals surface area contributed by atoms with Gasteiger partial charge in [0.2, 0.25) is 0 Å². The minimum Gasteiger partial charge on any atom is -0.310 e. The molecule has 2 aromatic carbocycles. The summed E-state index contributed by atoms with van der Waals surface area (Å²) in [6.07, 6.45) is 0. The Labute approximate surface area is 120 Å². The number of halogens is 1. The third kappa shape index (κ3) is 2.91. The van der Waals surface area contributed by atoms with E-state index in [-0.39, 0.29) is 11.9 Å². The number of benzene rings is 2. The summed E-state index contributed by atoms with van der Waals surface area (Å²) in [5, 5.41) is 3.36. The number of aryl methyl sites for hydroxylation is 1. The van der Waals surface area contributed by atoms with Crippen LogP contribution >= 0.6 is 0 Å². The largest absolute Gasteiger partial charge is 0.310 e. The van der Waals surface area contributed by atoms with E-state index in [1.807, 2.05) is 31.2 Å². The second-order valence-electron chi connectivity index (χ2n) is 5.27. The molecular formula is C18H22FN. The van der Waals surface area contributed by atoms with Gasteiger partial charge in [-0.05, 0) is 61.7 Å². The smallest absolute Gasteiger partial charge is 0.131 e.